The first-order chi connectivity index (χ1) is 13.2. The van der Waals surface area contributed by atoms with Crippen molar-refractivity contribution in [3.05, 3.63) is 59.9 Å². The Morgan fingerprint density at radius 3 is 2.96 bits per heavy atom. The molecular weight excluding hydrogens is 367 g/mol. The maximum absolute atomic E-state index is 13.5. The number of rotatable bonds is 4. The summed E-state index contributed by atoms with van der Waals surface area (Å²) in [7, 11) is 0. The predicted octanol–water partition coefficient (Wildman–Crippen LogP) is 2.50. The van der Waals surface area contributed by atoms with Gasteiger partial charge in [-0.25, -0.2) is 9.82 Å². The summed E-state index contributed by atoms with van der Waals surface area (Å²) in [6.07, 6.45) is 0.654. The molecule has 136 valence electrons. The molecule has 9 heteroatoms. The van der Waals surface area contributed by atoms with Crippen LogP contribution >= 0.6 is 11.8 Å². The standard InChI is InChI=1S/C18H15FN6OS/c19-13-6-7-16-14(10-13)15(8-9-27-16)20-21-17(26)11-25-23-18(22-24-25)12-4-2-1-3-5-12/h1-7,10H,8-9,11H2,(H,21,26)/b20-15+. The van der Waals surface area contributed by atoms with Crippen molar-refractivity contribution < 1.29 is 9.18 Å². The summed E-state index contributed by atoms with van der Waals surface area (Å²) >= 11 is 1.65. The molecule has 0 unspecified atom stereocenters. The van der Waals surface area contributed by atoms with Crippen molar-refractivity contribution in [3.63, 3.8) is 0 Å². The number of fused-ring (bicyclic) bond motifs is 1. The molecule has 0 saturated heterocycles. The first kappa shape index (κ1) is 17.3. The number of tetrazole rings is 1. The zero-order valence-electron chi connectivity index (χ0n) is 14.2. The fraction of sp³-hybridized carbons (Fsp3) is 0.167. The van der Waals surface area contributed by atoms with Crippen LogP contribution in [0, 0.1) is 5.82 Å². The van der Waals surface area contributed by atoms with Crippen LogP contribution in [0.2, 0.25) is 0 Å². The van der Waals surface area contributed by atoms with E-state index in [4.69, 9.17) is 0 Å². The number of benzene rings is 2. The van der Waals surface area contributed by atoms with Crippen molar-refractivity contribution in [2.45, 2.75) is 17.9 Å². The number of halogens is 1. The van der Waals surface area contributed by atoms with E-state index in [-0.39, 0.29) is 18.3 Å². The number of hydrazone groups is 1. The van der Waals surface area contributed by atoms with Gasteiger partial charge in [0.05, 0.1) is 5.71 Å². The highest BCUT2D eigenvalue weighted by Crippen LogP contribution is 2.30. The van der Waals surface area contributed by atoms with E-state index < -0.39 is 0 Å². The van der Waals surface area contributed by atoms with E-state index in [1.54, 1.807) is 17.8 Å². The second kappa shape index (κ2) is 7.67. The van der Waals surface area contributed by atoms with Gasteiger partial charge in [-0.05, 0) is 23.4 Å². The molecule has 1 aromatic heterocycles. The van der Waals surface area contributed by atoms with Gasteiger partial charge in [0, 0.05) is 28.2 Å². The van der Waals surface area contributed by atoms with Crippen LogP contribution in [-0.4, -0.2) is 37.6 Å². The third-order valence-corrected chi connectivity index (χ3v) is 5.01. The summed E-state index contributed by atoms with van der Waals surface area (Å²) in [5.41, 5.74) is 4.70. The fourth-order valence-corrected chi connectivity index (χ4v) is 3.68. The molecule has 0 saturated carbocycles. The molecule has 1 aliphatic rings. The largest absolute Gasteiger partial charge is 0.271 e. The average Bonchev–Trinajstić information content (AvgIpc) is 3.15. The van der Waals surface area contributed by atoms with Crippen LogP contribution < -0.4 is 5.43 Å². The van der Waals surface area contributed by atoms with Crippen LogP contribution in [0.15, 0.2) is 58.5 Å². The molecule has 0 bridgehead atoms. The lowest BCUT2D eigenvalue weighted by Crippen LogP contribution is -2.26. The van der Waals surface area contributed by atoms with E-state index in [0.717, 1.165) is 21.8 Å². The van der Waals surface area contributed by atoms with Crippen molar-refractivity contribution in [3.8, 4) is 11.4 Å². The van der Waals surface area contributed by atoms with Crippen molar-refractivity contribution in [1.82, 2.24) is 25.6 Å². The summed E-state index contributed by atoms with van der Waals surface area (Å²) in [6.45, 7) is -0.110. The first-order valence-electron chi connectivity index (χ1n) is 8.30. The normalized spacial score (nSPS) is 14.8. The molecule has 1 aliphatic heterocycles. The zero-order valence-corrected chi connectivity index (χ0v) is 15.0. The number of nitrogens with one attached hydrogen (secondary N) is 1. The highest BCUT2D eigenvalue weighted by Gasteiger charge is 2.17. The van der Waals surface area contributed by atoms with Gasteiger partial charge >= 0.3 is 0 Å². The second-order valence-electron chi connectivity index (χ2n) is 5.84. The lowest BCUT2D eigenvalue weighted by Gasteiger charge is -2.17. The molecule has 0 atom stereocenters. The first-order valence-corrected chi connectivity index (χ1v) is 9.29. The Bertz CT molecular complexity index is 1000. The molecule has 1 N–H and O–H groups in total. The highest BCUT2D eigenvalue weighted by atomic mass is 32.2. The number of nitrogens with zero attached hydrogens (tertiary/aromatic N) is 5. The maximum Gasteiger partial charge on any atom is 0.263 e. The van der Waals surface area contributed by atoms with Crippen molar-refractivity contribution >= 4 is 23.4 Å². The molecule has 0 fully saturated rings. The van der Waals surface area contributed by atoms with Gasteiger partial charge in [-0.3, -0.25) is 4.79 Å². The number of hydrogen-bond acceptors (Lipinski definition) is 6. The Balaban J connectivity index is 1.43. The second-order valence-corrected chi connectivity index (χ2v) is 6.98. The Kier molecular flexibility index (Phi) is 4.93. The van der Waals surface area contributed by atoms with Crippen LogP contribution in [0.1, 0.15) is 12.0 Å². The van der Waals surface area contributed by atoms with E-state index in [0.29, 0.717) is 18.0 Å². The van der Waals surface area contributed by atoms with Gasteiger partial charge in [0.1, 0.15) is 12.4 Å². The van der Waals surface area contributed by atoms with E-state index in [9.17, 15) is 9.18 Å². The lowest BCUT2D eigenvalue weighted by atomic mass is 10.1. The quantitative estimate of drug-likeness (QED) is 0.701. The third kappa shape index (κ3) is 4.03. The third-order valence-electron chi connectivity index (χ3n) is 3.93. The molecule has 2 heterocycles. The van der Waals surface area contributed by atoms with Gasteiger partial charge in [-0.2, -0.15) is 9.90 Å². The average molecular weight is 382 g/mol. The van der Waals surface area contributed by atoms with E-state index in [1.165, 1.54) is 16.9 Å². The summed E-state index contributed by atoms with van der Waals surface area (Å²) in [4.78, 5) is 14.3. The van der Waals surface area contributed by atoms with Crippen LogP contribution in [0.4, 0.5) is 4.39 Å². The molecule has 7 nitrogen and oxygen atoms in total. The van der Waals surface area contributed by atoms with Gasteiger partial charge in [-0.1, -0.05) is 30.3 Å². The Morgan fingerprint density at radius 2 is 2.11 bits per heavy atom. The molecule has 0 radical (unpaired) electrons. The molecule has 4 rings (SSSR count). The van der Waals surface area contributed by atoms with Crippen molar-refractivity contribution in [2.75, 3.05) is 5.75 Å². The minimum atomic E-state index is -0.379. The number of hydrogen-bond donors (Lipinski definition) is 1. The molecule has 0 spiro atoms. The SMILES string of the molecule is O=C(Cn1nnc(-c2ccccc2)n1)N/N=C1\CCSc2ccc(F)cc21. The topological polar surface area (TPSA) is 85.1 Å². The van der Waals surface area contributed by atoms with Gasteiger partial charge < -0.3 is 0 Å². The molecular formula is C18H15FN6OS. The fourth-order valence-electron chi connectivity index (χ4n) is 2.67. The monoisotopic (exact) mass is 382 g/mol. The lowest BCUT2D eigenvalue weighted by molar-refractivity contribution is -0.122. The van der Waals surface area contributed by atoms with Crippen LogP contribution in [-0.2, 0) is 11.3 Å². The number of aromatic nitrogens is 4. The molecule has 0 aliphatic carbocycles. The summed E-state index contributed by atoms with van der Waals surface area (Å²) < 4.78 is 13.5. The van der Waals surface area contributed by atoms with Gasteiger partial charge in [-0.15, -0.1) is 22.0 Å². The Morgan fingerprint density at radius 1 is 1.26 bits per heavy atom. The van der Waals surface area contributed by atoms with E-state index in [1.807, 2.05) is 30.3 Å². The van der Waals surface area contributed by atoms with Crippen LogP contribution in [0.5, 0.6) is 0 Å². The number of carbonyl (C=O) groups is 1. The number of thioether (sulfide) groups is 1. The van der Waals surface area contributed by atoms with E-state index in [2.05, 4.69) is 25.9 Å². The predicted molar refractivity (Wildman–Crippen MR) is 99.7 cm³/mol. The van der Waals surface area contributed by atoms with E-state index >= 15 is 0 Å². The Labute approximate surface area is 158 Å². The highest BCUT2D eigenvalue weighted by molar-refractivity contribution is 7.99. The number of carbonyl (C=O) groups excluding carboxylic acids is 1. The van der Waals surface area contributed by atoms with Gasteiger partial charge in [0.2, 0.25) is 5.82 Å². The smallest absolute Gasteiger partial charge is 0.263 e. The van der Waals surface area contributed by atoms with Crippen molar-refractivity contribution in [1.29, 1.82) is 0 Å². The van der Waals surface area contributed by atoms with Gasteiger partial charge in [0.15, 0.2) is 0 Å². The van der Waals surface area contributed by atoms with Gasteiger partial charge in [0.25, 0.3) is 5.91 Å². The zero-order chi connectivity index (χ0) is 18.6. The molecule has 27 heavy (non-hydrogen) atoms. The van der Waals surface area contributed by atoms with Crippen LogP contribution in [0.3, 0.4) is 0 Å². The maximum atomic E-state index is 13.5. The summed E-state index contributed by atoms with van der Waals surface area (Å²) in [5.74, 6) is 0.577. The van der Waals surface area contributed by atoms with Crippen molar-refractivity contribution in [2.24, 2.45) is 5.10 Å². The summed E-state index contributed by atoms with van der Waals surface area (Å²) in [5, 5.41) is 16.2. The minimum absolute atomic E-state index is 0.110. The molecule has 3 aromatic rings. The minimum Gasteiger partial charge on any atom is -0.271 e. The summed E-state index contributed by atoms with van der Waals surface area (Å²) in [6, 6.07) is 14.0. The Hall–Kier alpha value is -3.07. The number of amides is 1. The molecule has 2 aromatic carbocycles. The molecule has 1 amide bonds. The van der Waals surface area contributed by atoms with Crippen LogP contribution in [0.25, 0.3) is 11.4 Å².